The van der Waals surface area contributed by atoms with Gasteiger partial charge in [-0.25, -0.2) is 0 Å². The summed E-state index contributed by atoms with van der Waals surface area (Å²) >= 11 is 0. The van der Waals surface area contributed by atoms with Gasteiger partial charge in [0, 0.05) is 50.2 Å². The molecule has 5 heteroatoms. The molecule has 2 aromatic rings. The van der Waals surface area contributed by atoms with Gasteiger partial charge in [0.15, 0.2) is 0 Å². The number of benzene rings is 1. The molecular formula is C18H21N3O2. The molecule has 0 bridgehead atoms. The number of hydrogen-bond acceptors (Lipinski definition) is 2. The number of carbonyl (C=O) groups excluding carboxylic acids is 2. The fraction of sp³-hybridized carbons (Fsp3) is 0.444. The standard InChI is InChI=1S/C18H21N3O2/c22-17(20-9-10-21-15(12-20)3-6-18(21)23)5-2-13-1-4-16-14(11-13)7-8-19-16/h1,4,7-8,11,15,19H,2-3,5-6,9-10,12H2. The lowest BCUT2D eigenvalue weighted by Crippen LogP contribution is -2.53. The van der Waals surface area contributed by atoms with Gasteiger partial charge in [-0.2, -0.15) is 0 Å². The smallest absolute Gasteiger partial charge is 0.223 e. The summed E-state index contributed by atoms with van der Waals surface area (Å²) in [6.45, 7) is 2.09. The average Bonchev–Trinajstić information content (AvgIpc) is 3.18. The molecule has 2 fully saturated rings. The minimum atomic E-state index is 0.207. The van der Waals surface area contributed by atoms with Crippen molar-refractivity contribution in [3.8, 4) is 0 Å². The van der Waals surface area contributed by atoms with Crippen LogP contribution in [-0.2, 0) is 16.0 Å². The van der Waals surface area contributed by atoms with Gasteiger partial charge in [0.25, 0.3) is 0 Å². The Morgan fingerprint density at radius 3 is 3.09 bits per heavy atom. The van der Waals surface area contributed by atoms with Gasteiger partial charge in [0.2, 0.25) is 11.8 Å². The van der Waals surface area contributed by atoms with Gasteiger partial charge >= 0.3 is 0 Å². The van der Waals surface area contributed by atoms with E-state index in [-0.39, 0.29) is 17.9 Å². The van der Waals surface area contributed by atoms with Gasteiger partial charge in [-0.05, 0) is 42.0 Å². The van der Waals surface area contributed by atoms with E-state index in [1.165, 1.54) is 10.9 Å². The fourth-order valence-electron chi connectivity index (χ4n) is 3.76. The predicted molar refractivity (Wildman–Crippen MR) is 87.9 cm³/mol. The van der Waals surface area contributed by atoms with Crippen molar-refractivity contribution in [2.75, 3.05) is 19.6 Å². The van der Waals surface area contributed by atoms with Crippen LogP contribution >= 0.6 is 0 Å². The van der Waals surface area contributed by atoms with E-state index in [9.17, 15) is 9.59 Å². The molecule has 1 N–H and O–H groups in total. The lowest BCUT2D eigenvalue weighted by Gasteiger charge is -2.37. The highest BCUT2D eigenvalue weighted by atomic mass is 16.2. The first kappa shape index (κ1) is 14.3. The van der Waals surface area contributed by atoms with Crippen LogP contribution in [0.25, 0.3) is 10.9 Å². The van der Waals surface area contributed by atoms with Gasteiger partial charge < -0.3 is 14.8 Å². The zero-order valence-corrected chi connectivity index (χ0v) is 13.1. The molecule has 0 aliphatic carbocycles. The summed E-state index contributed by atoms with van der Waals surface area (Å²) in [5.74, 6) is 0.458. The van der Waals surface area contributed by atoms with Gasteiger partial charge in [-0.15, -0.1) is 0 Å². The molecule has 4 rings (SSSR count). The topological polar surface area (TPSA) is 56.4 Å². The highest BCUT2D eigenvalue weighted by Crippen LogP contribution is 2.23. The number of nitrogens with zero attached hydrogens (tertiary/aromatic N) is 2. The second-order valence-corrected chi connectivity index (χ2v) is 6.52. The second kappa shape index (κ2) is 5.72. The Morgan fingerprint density at radius 1 is 1.26 bits per heavy atom. The molecule has 3 heterocycles. The number of piperazine rings is 1. The molecular weight excluding hydrogens is 290 g/mol. The lowest BCUT2D eigenvalue weighted by atomic mass is 10.1. The Balaban J connectivity index is 1.35. The Labute approximate surface area is 135 Å². The number of aromatic nitrogens is 1. The quantitative estimate of drug-likeness (QED) is 0.942. The van der Waals surface area contributed by atoms with E-state index in [2.05, 4.69) is 29.2 Å². The number of rotatable bonds is 3. The highest BCUT2D eigenvalue weighted by Gasteiger charge is 2.36. The van der Waals surface area contributed by atoms with Gasteiger partial charge in [0.05, 0.1) is 0 Å². The molecule has 120 valence electrons. The Morgan fingerprint density at radius 2 is 2.17 bits per heavy atom. The van der Waals surface area contributed by atoms with E-state index >= 15 is 0 Å². The van der Waals surface area contributed by atoms with Crippen LogP contribution in [0.15, 0.2) is 30.5 Å². The van der Waals surface area contributed by atoms with Gasteiger partial charge in [0.1, 0.15) is 0 Å². The fourth-order valence-corrected chi connectivity index (χ4v) is 3.76. The zero-order chi connectivity index (χ0) is 15.8. The van der Waals surface area contributed by atoms with Crippen LogP contribution in [0.5, 0.6) is 0 Å². The number of hydrogen-bond donors (Lipinski definition) is 1. The largest absolute Gasteiger partial charge is 0.361 e. The molecule has 1 aromatic heterocycles. The summed E-state index contributed by atoms with van der Waals surface area (Å²) < 4.78 is 0. The molecule has 23 heavy (non-hydrogen) atoms. The summed E-state index contributed by atoms with van der Waals surface area (Å²) in [4.78, 5) is 31.2. The SMILES string of the molecule is O=C(CCc1ccc2[nH]ccc2c1)N1CCN2C(=O)CCC2C1. The van der Waals surface area contributed by atoms with Crippen LogP contribution in [0, 0.1) is 0 Å². The maximum Gasteiger partial charge on any atom is 0.223 e. The number of H-pyrrole nitrogens is 1. The van der Waals surface area contributed by atoms with Gasteiger partial charge in [-0.3, -0.25) is 9.59 Å². The van der Waals surface area contributed by atoms with E-state index in [0.717, 1.165) is 18.4 Å². The highest BCUT2D eigenvalue weighted by molar-refractivity contribution is 5.81. The van der Waals surface area contributed by atoms with E-state index in [1.54, 1.807) is 0 Å². The third-order valence-corrected chi connectivity index (χ3v) is 5.09. The second-order valence-electron chi connectivity index (χ2n) is 6.52. The Kier molecular flexibility index (Phi) is 3.56. The molecule has 1 unspecified atom stereocenters. The number of amides is 2. The van der Waals surface area contributed by atoms with Crippen molar-refractivity contribution in [3.63, 3.8) is 0 Å². The lowest BCUT2D eigenvalue weighted by molar-refractivity contribution is -0.139. The predicted octanol–water partition coefficient (Wildman–Crippen LogP) is 1.93. The minimum absolute atomic E-state index is 0.207. The molecule has 1 aromatic carbocycles. The van der Waals surface area contributed by atoms with Crippen molar-refractivity contribution >= 4 is 22.7 Å². The van der Waals surface area contributed by atoms with Crippen LogP contribution < -0.4 is 0 Å². The van der Waals surface area contributed by atoms with E-state index in [4.69, 9.17) is 0 Å². The van der Waals surface area contributed by atoms with Crippen LogP contribution in [0.4, 0.5) is 0 Å². The molecule has 0 saturated carbocycles. The van der Waals surface area contributed by atoms with Crippen LogP contribution in [0.2, 0.25) is 0 Å². The first-order valence-electron chi connectivity index (χ1n) is 8.34. The maximum absolute atomic E-state index is 12.5. The van der Waals surface area contributed by atoms with Crippen molar-refractivity contribution in [2.24, 2.45) is 0 Å². The summed E-state index contributed by atoms with van der Waals surface area (Å²) in [5.41, 5.74) is 2.32. The van der Waals surface area contributed by atoms with E-state index in [1.807, 2.05) is 16.0 Å². The van der Waals surface area contributed by atoms with Crippen molar-refractivity contribution in [1.29, 1.82) is 0 Å². The van der Waals surface area contributed by atoms with E-state index < -0.39 is 0 Å². The zero-order valence-electron chi connectivity index (χ0n) is 13.1. The first-order chi connectivity index (χ1) is 11.2. The summed E-state index contributed by atoms with van der Waals surface area (Å²) in [6.07, 6.45) is 4.78. The van der Waals surface area contributed by atoms with Gasteiger partial charge in [-0.1, -0.05) is 6.07 Å². The van der Waals surface area contributed by atoms with E-state index in [0.29, 0.717) is 32.5 Å². The maximum atomic E-state index is 12.5. The van der Waals surface area contributed by atoms with Crippen LogP contribution in [-0.4, -0.2) is 52.3 Å². The number of nitrogens with one attached hydrogen (secondary N) is 1. The molecule has 0 spiro atoms. The molecule has 5 nitrogen and oxygen atoms in total. The number of fused-ring (bicyclic) bond motifs is 2. The molecule has 2 saturated heterocycles. The third kappa shape index (κ3) is 2.71. The van der Waals surface area contributed by atoms with Crippen LogP contribution in [0.1, 0.15) is 24.8 Å². The summed E-state index contributed by atoms with van der Waals surface area (Å²) in [5, 5.41) is 1.19. The third-order valence-electron chi connectivity index (χ3n) is 5.09. The minimum Gasteiger partial charge on any atom is -0.361 e. The molecule has 1 atom stereocenters. The number of aryl methyl sites for hydroxylation is 1. The van der Waals surface area contributed by atoms with Crippen molar-refractivity contribution < 1.29 is 9.59 Å². The Bertz CT molecular complexity index is 752. The molecule has 0 radical (unpaired) electrons. The molecule has 2 amide bonds. The van der Waals surface area contributed by atoms with Crippen molar-refractivity contribution in [3.05, 3.63) is 36.0 Å². The summed E-state index contributed by atoms with van der Waals surface area (Å²) in [6, 6.07) is 8.60. The molecule has 2 aliphatic rings. The number of carbonyl (C=O) groups is 2. The van der Waals surface area contributed by atoms with Crippen molar-refractivity contribution in [1.82, 2.24) is 14.8 Å². The van der Waals surface area contributed by atoms with Crippen molar-refractivity contribution in [2.45, 2.75) is 31.7 Å². The monoisotopic (exact) mass is 311 g/mol. The normalized spacial score (nSPS) is 21.0. The van der Waals surface area contributed by atoms with Crippen LogP contribution in [0.3, 0.4) is 0 Å². The average molecular weight is 311 g/mol. The molecule has 2 aliphatic heterocycles. The number of aromatic amines is 1. The first-order valence-corrected chi connectivity index (χ1v) is 8.34. The summed E-state index contributed by atoms with van der Waals surface area (Å²) in [7, 11) is 0. The Hall–Kier alpha value is -2.30.